The molecule has 0 saturated carbocycles. The van der Waals surface area contributed by atoms with Crippen LogP contribution in [0.25, 0.3) is 0 Å². The van der Waals surface area contributed by atoms with Gasteiger partial charge in [-0.05, 0) is 18.9 Å². The van der Waals surface area contributed by atoms with Gasteiger partial charge in [0.1, 0.15) is 3.96 Å². The van der Waals surface area contributed by atoms with E-state index in [1.165, 1.54) is 0 Å². The molecule has 0 spiro atoms. The normalized spacial score (nSPS) is 14.8. The van der Waals surface area contributed by atoms with Gasteiger partial charge in [0, 0.05) is 12.8 Å². The first-order valence-corrected chi connectivity index (χ1v) is 10.0. The van der Waals surface area contributed by atoms with Gasteiger partial charge in [0.25, 0.3) is 6.69 Å². The summed E-state index contributed by atoms with van der Waals surface area (Å²) in [7, 11) is 0. The van der Waals surface area contributed by atoms with Gasteiger partial charge < -0.3 is 0 Å². The summed E-state index contributed by atoms with van der Waals surface area (Å²) in [6, 6.07) is -0.668. The molecule has 0 aromatic heterocycles. The van der Waals surface area contributed by atoms with Crippen LogP contribution in [-0.4, -0.2) is 23.0 Å². The van der Waals surface area contributed by atoms with Gasteiger partial charge in [0.05, 0.1) is 0 Å². The number of halogens is 10. The predicted octanol–water partition coefficient (Wildman–Crippen LogP) is 6.30. The Balaban J connectivity index is 4.43. The minimum absolute atomic E-state index is 0.410. The van der Waals surface area contributed by atoms with Crippen molar-refractivity contribution in [1.29, 1.82) is 0 Å². The monoisotopic (exact) mass is 388 g/mol. The molecule has 11 heteroatoms. The van der Waals surface area contributed by atoms with Crippen molar-refractivity contribution < 1.29 is 26.3 Å². The highest BCUT2D eigenvalue weighted by Crippen LogP contribution is 2.47. The zero-order chi connectivity index (χ0) is 15.5. The van der Waals surface area contributed by atoms with Crippen LogP contribution in [0, 0.1) is 0 Å². The Morgan fingerprint density at radius 1 is 0.737 bits per heavy atom. The molecule has 0 aliphatic carbocycles. The van der Waals surface area contributed by atoms with Crippen LogP contribution in [0.1, 0.15) is 25.7 Å². The molecular formula is C8H10Cl4F6Si. The summed E-state index contributed by atoms with van der Waals surface area (Å²) in [5.41, 5.74) is 0. The van der Waals surface area contributed by atoms with E-state index in [9.17, 15) is 26.3 Å². The highest BCUT2D eigenvalue weighted by atomic mass is 35.7. The molecular weight excluding hydrogens is 380 g/mol. The lowest BCUT2D eigenvalue weighted by Gasteiger charge is -2.30. The Morgan fingerprint density at radius 3 is 1.53 bits per heavy atom. The molecule has 116 valence electrons. The minimum Gasteiger partial charge on any atom is -0.171 e. The molecule has 0 aromatic carbocycles. The smallest absolute Gasteiger partial charge is 0.171 e. The summed E-state index contributed by atoms with van der Waals surface area (Å²) in [5, 5.41) is 0. The van der Waals surface area contributed by atoms with Gasteiger partial charge in [-0.2, -0.15) is 26.3 Å². The van der Waals surface area contributed by atoms with Gasteiger partial charge in [-0.1, -0.05) is 0 Å². The fraction of sp³-hybridized carbons (Fsp3) is 1.00. The third kappa shape index (κ3) is 8.75. The molecule has 0 fully saturated rings. The zero-order valence-corrected chi connectivity index (χ0v) is 13.3. The van der Waals surface area contributed by atoms with Crippen molar-refractivity contribution in [2.75, 3.05) is 0 Å². The summed E-state index contributed by atoms with van der Waals surface area (Å²) in [4.78, 5) is 0. The Kier molecular flexibility index (Phi) is 7.15. The lowest BCUT2D eigenvalue weighted by molar-refractivity contribution is -0.135. The van der Waals surface area contributed by atoms with Crippen molar-refractivity contribution in [3.8, 4) is 0 Å². The van der Waals surface area contributed by atoms with Crippen LogP contribution in [0.15, 0.2) is 0 Å². The van der Waals surface area contributed by atoms with Gasteiger partial charge in [-0.3, -0.25) is 0 Å². The topological polar surface area (TPSA) is 0 Å². The first-order chi connectivity index (χ1) is 8.16. The number of rotatable bonds is 6. The second-order valence-electron chi connectivity index (χ2n) is 3.99. The predicted molar refractivity (Wildman–Crippen MR) is 67.3 cm³/mol. The number of hydrogen-bond donors (Lipinski definition) is 0. The van der Waals surface area contributed by atoms with E-state index < -0.39 is 54.7 Å². The first kappa shape index (κ1) is 20.0. The Morgan fingerprint density at radius 2 is 1.16 bits per heavy atom. The van der Waals surface area contributed by atoms with Gasteiger partial charge in [0.2, 0.25) is 0 Å². The molecule has 19 heavy (non-hydrogen) atoms. The lowest BCUT2D eigenvalue weighted by atomic mass is 10.2. The second-order valence-corrected chi connectivity index (χ2v) is 13.3. The third-order valence-corrected chi connectivity index (χ3v) is 11.0. The first-order valence-electron chi connectivity index (χ1n) is 5.05. The molecule has 0 nitrogen and oxygen atoms in total. The van der Waals surface area contributed by atoms with Gasteiger partial charge in [0.15, 0.2) is 0 Å². The Hall–Kier alpha value is 0.957. The van der Waals surface area contributed by atoms with Crippen molar-refractivity contribution in [3.63, 3.8) is 0 Å². The third-order valence-electron chi connectivity index (χ3n) is 2.21. The maximum absolute atomic E-state index is 12.1. The van der Waals surface area contributed by atoms with Crippen molar-refractivity contribution in [1.82, 2.24) is 0 Å². The second kappa shape index (κ2) is 6.81. The van der Waals surface area contributed by atoms with Crippen LogP contribution in [0.5, 0.6) is 0 Å². The maximum Gasteiger partial charge on any atom is 0.389 e. The van der Waals surface area contributed by atoms with E-state index in [0.29, 0.717) is 0 Å². The molecule has 0 unspecified atom stereocenters. The SMILES string of the molecule is FC(F)(F)CCCC(Cl)(Cl)[Si](Cl)(Cl)CCC(F)(F)F. The van der Waals surface area contributed by atoms with Crippen molar-refractivity contribution >= 4 is 52.1 Å². The summed E-state index contributed by atoms with van der Waals surface area (Å²) in [6.07, 6.45) is -12.1. The summed E-state index contributed by atoms with van der Waals surface area (Å²) in [5.74, 6) is 0. The average Bonchev–Trinajstić information content (AvgIpc) is 2.11. The van der Waals surface area contributed by atoms with E-state index in [0.717, 1.165) is 0 Å². The summed E-state index contributed by atoms with van der Waals surface area (Å²) < 4.78 is 70.0. The van der Waals surface area contributed by atoms with Crippen molar-refractivity contribution in [3.05, 3.63) is 0 Å². The number of alkyl halides is 8. The van der Waals surface area contributed by atoms with E-state index in [1.54, 1.807) is 0 Å². The van der Waals surface area contributed by atoms with Crippen LogP contribution in [-0.2, 0) is 0 Å². The standard InChI is InChI=1S/C8H10Cl4F6Si/c9-6(10,2-1-3-7(13,14)15)19(11,12)5-4-8(16,17)18/h1-5H2. The molecule has 0 radical (unpaired) electrons. The van der Waals surface area contributed by atoms with E-state index >= 15 is 0 Å². The molecule has 0 rings (SSSR count). The highest BCUT2D eigenvalue weighted by Gasteiger charge is 2.51. The minimum atomic E-state index is -4.47. The van der Waals surface area contributed by atoms with Crippen LogP contribution < -0.4 is 0 Å². The van der Waals surface area contributed by atoms with E-state index in [1.807, 2.05) is 0 Å². The quantitative estimate of drug-likeness (QED) is 0.216. The molecule has 0 saturated heterocycles. The Bertz CT molecular complexity index is 288. The molecule has 0 aliphatic heterocycles. The lowest BCUT2D eigenvalue weighted by Crippen LogP contribution is -2.42. The van der Waals surface area contributed by atoms with Gasteiger partial charge in [-0.15, -0.1) is 45.4 Å². The fourth-order valence-corrected chi connectivity index (χ4v) is 4.65. The Labute approximate surface area is 126 Å². The van der Waals surface area contributed by atoms with Crippen molar-refractivity contribution in [2.45, 2.75) is 48.0 Å². The van der Waals surface area contributed by atoms with Gasteiger partial charge >= 0.3 is 12.4 Å². The molecule has 0 atom stereocenters. The molecule has 0 aromatic rings. The van der Waals surface area contributed by atoms with E-state index in [-0.39, 0.29) is 0 Å². The summed E-state index contributed by atoms with van der Waals surface area (Å²) >= 11 is 22.9. The van der Waals surface area contributed by atoms with Crippen LogP contribution in [0.3, 0.4) is 0 Å². The van der Waals surface area contributed by atoms with Crippen LogP contribution in [0.2, 0.25) is 6.04 Å². The molecule has 0 heterocycles. The molecule has 0 aliphatic rings. The molecule has 0 N–H and O–H groups in total. The molecule has 0 amide bonds. The molecule has 0 bridgehead atoms. The fourth-order valence-electron chi connectivity index (χ4n) is 1.18. The highest BCUT2D eigenvalue weighted by molar-refractivity contribution is 7.49. The largest absolute Gasteiger partial charge is 0.389 e. The van der Waals surface area contributed by atoms with Crippen LogP contribution >= 0.6 is 45.4 Å². The van der Waals surface area contributed by atoms with E-state index in [4.69, 9.17) is 45.4 Å². The number of hydrogen-bond acceptors (Lipinski definition) is 0. The maximum atomic E-state index is 12.1. The summed E-state index contributed by atoms with van der Waals surface area (Å²) in [6.45, 7) is -3.75. The van der Waals surface area contributed by atoms with Crippen molar-refractivity contribution in [2.24, 2.45) is 0 Å². The average molecular weight is 390 g/mol. The van der Waals surface area contributed by atoms with E-state index in [2.05, 4.69) is 0 Å². The van der Waals surface area contributed by atoms with Gasteiger partial charge in [-0.25, -0.2) is 0 Å². The van der Waals surface area contributed by atoms with Crippen LogP contribution in [0.4, 0.5) is 26.3 Å². The zero-order valence-electron chi connectivity index (χ0n) is 9.32.